The molecular formula is C37H48N6O5. The van der Waals surface area contributed by atoms with Gasteiger partial charge in [0.05, 0.1) is 29.6 Å². The number of anilines is 3. The first-order chi connectivity index (χ1) is 23.1. The zero-order chi connectivity index (χ0) is 34.2. The Balaban J connectivity index is 1.26. The van der Waals surface area contributed by atoms with Crippen LogP contribution in [0.1, 0.15) is 72.2 Å². The number of urea groups is 1. The van der Waals surface area contributed by atoms with E-state index in [2.05, 4.69) is 20.9 Å². The lowest BCUT2D eigenvalue weighted by Gasteiger charge is -2.38. The lowest BCUT2D eigenvalue weighted by Crippen LogP contribution is -2.49. The Labute approximate surface area is 282 Å². The second-order valence-corrected chi connectivity index (χ2v) is 13.2. The topological polar surface area (TPSA) is 149 Å². The highest BCUT2D eigenvalue weighted by Gasteiger charge is 2.33. The number of fused-ring (bicyclic) bond motifs is 1. The van der Waals surface area contributed by atoms with Crippen LogP contribution < -0.4 is 26.4 Å². The van der Waals surface area contributed by atoms with Crippen molar-refractivity contribution in [1.29, 1.82) is 0 Å². The molecular weight excluding hydrogens is 608 g/mol. The lowest BCUT2D eigenvalue weighted by atomic mass is 9.96. The Morgan fingerprint density at radius 3 is 2.48 bits per heavy atom. The Morgan fingerprint density at radius 2 is 1.77 bits per heavy atom. The minimum atomic E-state index is -0.399. The molecule has 0 unspecified atom stereocenters. The number of nitrogens with zero attached hydrogens (tertiary/aromatic N) is 2. The van der Waals surface area contributed by atoms with Gasteiger partial charge in [0.1, 0.15) is 11.9 Å². The van der Waals surface area contributed by atoms with Gasteiger partial charge >= 0.3 is 6.03 Å². The molecule has 11 heteroatoms. The molecule has 1 fully saturated rings. The number of hydrogen-bond acceptors (Lipinski definition) is 7. The van der Waals surface area contributed by atoms with Crippen LogP contribution in [0.5, 0.6) is 5.75 Å². The molecule has 256 valence electrons. The number of nitrogen functional groups attached to an aromatic ring is 1. The largest absolute Gasteiger partial charge is 0.488 e. The number of hydrogen-bond donors (Lipinski definition) is 5. The van der Waals surface area contributed by atoms with E-state index in [4.69, 9.17) is 10.5 Å². The molecule has 3 aromatic rings. The number of amides is 4. The van der Waals surface area contributed by atoms with Crippen LogP contribution in [0.3, 0.4) is 0 Å². The van der Waals surface area contributed by atoms with E-state index < -0.39 is 6.04 Å². The van der Waals surface area contributed by atoms with Crippen molar-refractivity contribution in [2.24, 2.45) is 5.92 Å². The third kappa shape index (κ3) is 8.84. The molecule has 1 heterocycles. The molecule has 1 aliphatic heterocycles. The highest BCUT2D eigenvalue weighted by Crippen LogP contribution is 2.31. The molecule has 48 heavy (non-hydrogen) atoms. The van der Waals surface area contributed by atoms with Gasteiger partial charge in [-0.3, -0.25) is 14.5 Å². The van der Waals surface area contributed by atoms with Crippen molar-refractivity contribution in [3.63, 3.8) is 0 Å². The molecule has 2 aliphatic rings. The SMILES string of the molecule is C[C@@H]1CN([C@@H](C)CO)C(=O)c2cc(NC(=O)NC3CCCCC3)ccc2O[C@@H]1CN(C)Cc1ccc(C(=O)Nc2ccccc2N)cc1. The van der Waals surface area contributed by atoms with Gasteiger partial charge in [-0.2, -0.15) is 0 Å². The summed E-state index contributed by atoms with van der Waals surface area (Å²) in [6.45, 7) is 5.28. The fourth-order valence-electron chi connectivity index (χ4n) is 6.37. The van der Waals surface area contributed by atoms with Crippen LogP contribution in [0.2, 0.25) is 0 Å². The molecule has 3 atom stereocenters. The zero-order valence-electron chi connectivity index (χ0n) is 28.1. The van der Waals surface area contributed by atoms with Crippen molar-refractivity contribution in [2.75, 3.05) is 43.1 Å². The van der Waals surface area contributed by atoms with Gasteiger partial charge in [-0.1, -0.05) is 50.5 Å². The van der Waals surface area contributed by atoms with E-state index in [0.29, 0.717) is 53.6 Å². The number of carbonyl (C=O) groups excluding carboxylic acids is 3. The second-order valence-electron chi connectivity index (χ2n) is 13.2. The molecule has 3 aromatic carbocycles. The number of para-hydroxylation sites is 2. The predicted octanol–water partition coefficient (Wildman–Crippen LogP) is 5.33. The van der Waals surface area contributed by atoms with E-state index in [0.717, 1.165) is 31.2 Å². The Kier molecular flexibility index (Phi) is 11.6. The molecule has 0 radical (unpaired) electrons. The summed E-state index contributed by atoms with van der Waals surface area (Å²) in [5, 5.41) is 18.8. The van der Waals surface area contributed by atoms with Crippen LogP contribution in [0, 0.1) is 5.92 Å². The lowest BCUT2D eigenvalue weighted by molar-refractivity contribution is 0.0341. The number of rotatable bonds is 10. The summed E-state index contributed by atoms with van der Waals surface area (Å²) in [7, 11) is 2.01. The Bertz CT molecular complexity index is 1570. The summed E-state index contributed by atoms with van der Waals surface area (Å²) in [5.74, 6) is -0.0925. The van der Waals surface area contributed by atoms with Crippen molar-refractivity contribution < 1.29 is 24.2 Å². The fourth-order valence-corrected chi connectivity index (χ4v) is 6.37. The van der Waals surface area contributed by atoms with Crippen molar-refractivity contribution in [2.45, 2.75) is 70.7 Å². The van der Waals surface area contributed by atoms with Crippen molar-refractivity contribution in [3.05, 3.63) is 83.4 Å². The van der Waals surface area contributed by atoms with E-state index in [1.807, 2.05) is 45.2 Å². The summed E-state index contributed by atoms with van der Waals surface area (Å²) in [6, 6.07) is 19.2. The first kappa shape index (κ1) is 34.7. The maximum absolute atomic E-state index is 13.8. The van der Waals surface area contributed by atoms with Crippen LogP contribution in [-0.2, 0) is 6.54 Å². The van der Waals surface area contributed by atoms with Gasteiger partial charge in [0.15, 0.2) is 0 Å². The summed E-state index contributed by atoms with van der Waals surface area (Å²) in [6.07, 6.45) is 5.09. The molecule has 6 N–H and O–H groups in total. The number of aliphatic hydroxyl groups is 1. The smallest absolute Gasteiger partial charge is 0.319 e. The van der Waals surface area contributed by atoms with Gasteiger partial charge in [-0.25, -0.2) is 4.79 Å². The van der Waals surface area contributed by atoms with Gasteiger partial charge in [0, 0.05) is 42.8 Å². The maximum atomic E-state index is 13.8. The van der Waals surface area contributed by atoms with Gasteiger partial charge in [-0.15, -0.1) is 0 Å². The van der Waals surface area contributed by atoms with Crippen LogP contribution in [-0.4, -0.2) is 77.7 Å². The summed E-state index contributed by atoms with van der Waals surface area (Å²) < 4.78 is 6.54. The third-order valence-corrected chi connectivity index (χ3v) is 9.23. The number of aliphatic hydroxyl groups excluding tert-OH is 1. The van der Waals surface area contributed by atoms with Crippen LogP contribution >= 0.6 is 0 Å². The monoisotopic (exact) mass is 656 g/mol. The van der Waals surface area contributed by atoms with E-state index in [1.54, 1.807) is 47.4 Å². The Morgan fingerprint density at radius 1 is 1.04 bits per heavy atom. The van der Waals surface area contributed by atoms with Gasteiger partial charge in [0.2, 0.25) is 0 Å². The number of ether oxygens (including phenoxy) is 1. The average Bonchev–Trinajstić information content (AvgIpc) is 3.08. The molecule has 5 rings (SSSR count). The number of carbonyl (C=O) groups is 3. The molecule has 4 amide bonds. The number of nitrogens with one attached hydrogen (secondary N) is 3. The molecule has 1 aliphatic carbocycles. The summed E-state index contributed by atoms with van der Waals surface area (Å²) in [5.41, 5.74) is 9.45. The van der Waals surface area contributed by atoms with Gasteiger partial charge < -0.3 is 36.4 Å². The van der Waals surface area contributed by atoms with Crippen molar-refractivity contribution in [3.8, 4) is 5.75 Å². The normalized spacial score (nSPS) is 19.0. The van der Waals surface area contributed by atoms with Crippen LogP contribution in [0.15, 0.2) is 66.7 Å². The molecule has 0 spiro atoms. The molecule has 0 bridgehead atoms. The average molecular weight is 657 g/mol. The zero-order valence-corrected chi connectivity index (χ0v) is 28.1. The third-order valence-electron chi connectivity index (χ3n) is 9.23. The number of benzene rings is 3. The summed E-state index contributed by atoms with van der Waals surface area (Å²) >= 11 is 0. The molecule has 1 saturated carbocycles. The predicted molar refractivity (Wildman–Crippen MR) is 188 cm³/mol. The van der Waals surface area contributed by atoms with E-state index in [9.17, 15) is 19.5 Å². The molecule has 0 saturated heterocycles. The van der Waals surface area contributed by atoms with Crippen molar-refractivity contribution in [1.82, 2.24) is 15.1 Å². The summed E-state index contributed by atoms with van der Waals surface area (Å²) in [4.78, 5) is 43.2. The number of likely N-dealkylation sites (N-methyl/N-ethyl adjacent to an activating group) is 1. The number of nitrogens with two attached hydrogens (primary N) is 1. The molecule has 0 aromatic heterocycles. The Hall–Kier alpha value is -4.61. The van der Waals surface area contributed by atoms with E-state index in [1.165, 1.54) is 6.42 Å². The highest BCUT2D eigenvalue weighted by molar-refractivity contribution is 6.05. The minimum Gasteiger partial charge on any atom is -0.488 e. The first-order valence-electron chi connectivity index (χ1n) is 16.8. The van der Waals surface area contributed by atoms with Gasteiger partial charge in [-0.05, 0) is 74.8 Å². The van der Waals surface area contributed by atoms with E-state index >= 15 is 0 Å². The van der Waals surface area contributed by atoms with E-state index in [-0.39, 0.29) is 42.5 Å². The van der Waals surface area contributed by atoms with Crippen LogP contribution in [0.4, 0.5) is 21.9 Å². The fraction of sp³-hybridized carbons (Fsp3) is 0.432. The molecule has 11 nitrogen and oxygen atoms in total. The maximum Gasteiger partial charge on any atom is 0.319 e. The highest BCUT2D eigenvalue weighted by atomic mass is 16.5. The second kappa shape index (κ2) is 16.0. The van der Waals surface area contributed by atoms with Gasteiger partial charge in [0.25, 0.3) is 11.8 Å². The first-order valence-corrected chi connectivity index (χ1v) is 16.8. The standard InChI is InChI=1S/C37H48N6O5/c1-24-20-43(25(2)23-44)36(46)30-19-29(40-37(47)39-28-9-5-4-6-10-28)17-18-33(30)48-34(24)22-42(3)21-26-13-15-27(16-14-26)35(45)41-32-12-8-7-11-31(32)38/h7-8,11-19,24-25,28,34,44H,4-6,9-10,20-23,38H2,1-3H3,(H,41,45)(H2,39,40,47)/t24-,25+,34-/m1/s1. The van der Waals surface area contributed by atoms with Crippen molar-refractivity contribution >= 4 is 34.9 Å². The quantitative estimate of drug-likeness (QED) is 0.185. The van der Waals surface area contributed by atoms with Crippen LogP contribution in [0.25, 0.3) is 0 Å². The minimum absolute atomic E-state index is 0.0471.